The van der Waals surface area contributed by atoms with Gasteiger partial charge in [-0.3, -0.25) is 0 Å². The second-order valence-corrected chi connectivity index (χ2v) is 8.95. The predicted molar refractivity (Wildman–Crippen MR) is 123 cm³/mol. The molecular weight excluding hydrogens is 460 g/mol. The van der Waals surface area contributed by atoms with E-state index in [2.05, 4.69) is 0 Å². The van der Waals surface area contributed by atoms with E-state index in [4.69, 9.17) is 18.9 Å². The Bertz CT molecular complexity index is 1030. The molecular formula is C25H32O10. The van der Waals surface area contributed by atoms with Crippen LogP contribution in [0.4, 0.5) is 0 Å². The van der Waals surface area contributed by atoms with Crippen molar-refractivity contribution < 1.29 is 49.6 Å². The van der Waals surface area contributed by atoms with Crippen molar-refractivity contribution in [2.75, 3.05) is 20.3 Å². The van der Waals surface area contributed by atoms with Crippen molar-refractivity contribution in [3.05, 3.63) is 47.0 Å². The Labute approximate surface area is 202 Å². The van der Waals surface area contributed by atoms with E-state index in [1.165, 1.54) is 13.2 Å². The number of phenolic OH excluding ortho intramolecular Hbond substituents is 2. The summed E-state index contributed by atoms with van der Waals surface area (Å²) < 4.78 is 22.8. The van der Waals surface area contributed by atoms with Gasteiger partial charge in [-0.2, -0.15) is 0 Å². The summed E-state index contributed by atoms with van der Waals surface area (Å²) in [5, 5.41) is 60.3. The quantitative estimate of drug-likeness (QED) is 0.315. The molecule has 35 heavy (non-hydrogen) atoms. The number of aliphatic hydroxyl groups excluding tert-OH is 4. The molecule has 0 amide bonds. The molecule has 4 rings (SSSR count). The molecule has 0 spiro atoms. The maximum Gasteiger partial charge on any atom is 0.186 e. The van der Waals surface area contributed by atoms with Gasteiger partial charge in [0.25, 0.3) is 0 Å². The highest BCUT2D eigenvalue weighted by Crippen LogP contribution is 2.51. The third-order valence-electron chi connectivity index (χ3n) is 6.57. The lowest BCUT2D eigenvalue weighted by atomic mass is 9.90. The molecule has 10 nitrogen and oxygen atoms in total. The number of aromatic hydroxyl groups is 2. The zero-order chi connectivity index (χ0) is 25.3. The monoisotopic (exact) mass is 492 g/mol. The van der Waals surface area contributed by atoms with Crippen LogP contribution in [-0.4, -0.2) is 81.7 Å². The molecule has 6 N–H and O–H groups in total. The summed E-state index contributed by atoms with van der Waals surface area (Å²) >= 11 is 0. The highest BCUT2D eigenvalue weighted by molar-refractivity contribution is 5.55. The van der Waals surface area contributed by atoms with Gasteiger partial charge in [-0.15, -0.1) is 0 Å². The molecule has 2 aliphatic rings. The van der Waals surface area contributed by atoms with Gasteiger partial charge in [0.05, 0.1) is 25.7 Å². The third-order valence-corrected chi connectivity index (χ3v) is 6.57. The Kier molecular flexibility index (Phi) is 7.70. The minimum absolute atomic E-state index is 0.0129. The van der Waals surface area contributed by atoms with E-state index in [0.29, 0.717) is 24.0 Å². The van der Waals surface area contributed by atoms with Crippen molar-refractivity contribution >= 4 is 0 Å². The number of hydrogen-bond donors (Lipinski definition) is 6. The summed E-state index contributed by atoms with van der Waals surface area (Å²) in [6.07, 6.45) is -5.63. The molecule has 1 fully saturated rings. The molecule has 2 aromatic rings. The lowest BCUT2D eigenvalue weighted by Crippen LogP contribution is -2.57. The zero-order valence-corrected chi connectivity index (χ0v) is 19.6. The molecule has 2 aromatic carbocycles. The van der Waals surface area contributed by atoms with E-state index < -0.39 is 42.7 Å². The lowest BCUT2D eigenvalue weighted by Gasteiger charge is -2.39. The number of fused-ring (bicyclic) bond motifs is 1. The Morgan fingerprint density at radius 2 is 1.74 bits per heavy atom. The van der Waals surface area contributed by atoms with Crippen molar-refractivity contribution in [1.29, 1.82) is 0 Å². The first kappa shape index (κ1) is 25.5. The maximum absolute atomic E-state index is 10.7. The number of hydrogen-bond acceptors (Lipinski definition) is 10. The molecule has 0 unspecified atom stereocenters. The molecule has 192 valence electrons. The minimum Gasteiger partial charge on any atom is -0.504 e. The van der Waals surface area contributed by atoms with Gasteiger partial charge in [0.2, 0.25) is 0 Å². The van der Waals surface area contributed by atoms with E-state index in [9.17, 15) is 30.6 Å². The molecule has 10 heteroatoms. The van der Waals surface area contributed by atoms with Crippen LogP contribution in [-0.2, 0) is 15.9 Å². The third kappa shape index (κ3) is 5.04. The van der Waals surface area contributed by atoms with Gasteiger partial charge < -0.3 is 49.6 Å². The zero-order valence-electron chi connectivity index (χ0n) is 19.6. The van der Waals surface area contributed by atoms with Crippen LogP contribution in [0.25, 0.3) is 0 Å². The summed E-state index contributed by atoms with van der Waals surface area (Å²) in [7, 11) is 1.44. The number of phenols is 2. The second kappa shape index (κ2) is 10.6. The van der Waals surface area contributed by atoms with Crippen LogP contribution in [0.5, 0.6) is 23.0 Å². The van der Waals surface area contributed by atoms with Crippen LogP contribution in [0.2, 0.25) is 0 Å². The Morgan fingerprint density at radius 3 is 2.46 bits per heavy atom. The fourth-order valence-corrected chi connectivity index (χ4v) is 4.60. The molecule has 7 atom stereocenters. The van der Waals surface area contributed by atoms with Crippen LogP contribution in [0.1, 0.15) is 42.1 Å². The van der Waals surface area contributed by atoms with Crippen LogP contribution >= 0.6 is 0 Å². The number of benzene rings is 2. The van der Waals surface area contributed by atoms with Gasteiger partial charge in [0.1, 0.15) is 24.4 Å². The Hall–Kier alpha value is -2.60. The molecule has 2 heterocycles. The maximum atomic E-state index is 10.7. The summed E-state index contributed by atoms with van der Waals surface area (Å²) in [6, 6.07) is 8.28. The van der Waals surface area contributed by atoms with Gasteiger partial charge in [-0.25, -0.2) is 0 Å². The van der Waals surface area contributed by atoms with E-state index in [1.807, 2.05) is 6.07 Å². The van der Waals surface area contributed by atoms with E-state index >= 15 is 0 Å². The molecule has 0 aliphatic carbocycles. The Morgan fingerprint density at radius 1 is 0.971 bits per heavy atom. The van der Waals surface area contributed by atoms with Crippen LogP contribution in [0.15, 0.2) is 30.3 Å². The summed E-state index contributed by atoms with van der Waals surface area (Å²) in [5.74, 6) is 0.00182. The normalized spacial score (nSPS) is 30.1. The minimum atomic E-state index is -1.46. The molecule has 0 bridgehead atoms. The first-order valence-electron chi connectivity index (χ1n) is 11.6. The fraction of sp³-hybridized carbons (Fsp3) is 0.520. The van der Waals surface area contributed by atoms with Crippen molar-refractivity contribution in [2.24, 2.45) is 0 Å². The Balaban J connectivity index is 1.65. The van der Waals surface area contributed by atoms with Crippen LogP contribution < -0.4 is 9.47 Å². The van der Waals surface area contributed by atoms with Gasteiger partial charge in [0, 0.05) is 12.2 Å². The predicted octanol–water partition coefficient (Wildman–Crippen LogP) is 1.09. The highest BCUT2D eigenvalue weighted by Gasteiger charge is 2.44. The lowest BCUT2D eigenvalue weighted by molar-refractivity contribution is -0.294. The standard InChI is InChI=1S/C25H32O10/c1-12-20(29)21(30)22(31)25(34-12)33-11-16-15-8-13(4-3-7-26)9-18(28)24(15)35-23(16)14-5-6-17(27)19(10-14)32-2/h5-6,8-10,12,16,20-23,25-31H,3-4,7,11H2,1-2H3/t12-,16-,20-,21+,22+,23-,25+/m0/s1. The van der Waals surface area contributed by atoms with E-state index in [1.54, 1.807) is 25.1 Å². The highest BCUT2D eigenvalue weighted by atomic mass is 16.7. The molecule has 2 aliphatic heterocycles. The number of aliphatic hydroxyl groups is 4. The summed E-state index contributed by atoms with van der Waals surface area (Å²) in [6.45, 7) is 1.57. The van der Waals surface area contributed by atoms with Crippen LogP contribution in [0, 0.1) is 0 Å². The first-order valence-corrected chi connectivity index (χ1v) is 11.6. The van der Waals surface area contributed by atoms with Crippen molar-refractivity contribution in [3.63, 3.8) is 0 Å². The average molecular weight is 493 g/mol. The first-order chi connectivity index (χ1) is 16.7. The average Bonchev–Trinajstić information content (AvgIpc) is 3.22. The SMILES string of the molecule is COc1cc([C@@H]2Oc3c(O)cc(CCCO)cc3[C@@H]2CO[C@@H]2O[C@@H](C)[C@H](O)[C@@H](O)[C@H]2O)ccc1O. The summed E-state index contributed by atoms with van der Waals surface area (Å²) in [5.41, 5.74) is 2.15. The second-order valence-electron chi connectivity index (χ2n) is 8.95. The molecule has 1 saturated heterocycles. The van der Waals surface area contributed by atoms with Crippen molar-refractivity contribution in [3.8, 4) is 23.0 Å². The van der Waals surface area contributed by atoms with Gasteiger partial charge >= 0.3 is 0 Å². The number of rotatable bonds is 8. The number of methoxy groups -OCH3 is 1. The van der Waals surface area contributed by atoms with Crippen molar-refractivity contribution in [1.82, 2.24) is 0 Å². The van der Waals surface area contributed by atoms with Gasteiger partial charge in [-0.05, 0) is 49.1 Å². The number of ether oxygens (including phenoxy) is 4. The van der Waals surface area contributed by atoms with E-state index in [-0.39, 0.29) is 36.2 Å². The molecule has 0 saturated carbocycles. The topological polar surface area (TPSA) is 158 Å². The molecule has 0 aromatic heterocycles. The number of aryl methyl sites for hydroxylation is 1. The van der Waals surface area contributed by atoms with E-state index in [0.717, 1.165) is 5.56 Å². The largest absolute Gasteiger partial charge is 0.504 e. The fourth-order valence-electron chi connectivity index (χ4n) is 4.60. The van der Waals surface area contributed by atoms with Gasteiger partial charge in [0.15, 0.2) is 29.3 Å². The van der Waals surface area contributed by atoms with Gasteiger partial charge in [-0.1, -0.05) is 12.1 Å². The van der Waals surface area contributed by atoms with Crippen LogP contribution in [0.3, 0.4) is 0 Å². The van der Waals surface area contributed by atoms with Crippen molar-refractivity contribution in [2.45, 2.75) is 62.5 Å². The summed E-state index contributed by atoms with van der Waals surface area (Å²) in [4.78, 5) is 0. The molecule has 0 radical (unpaired) electrons. The smallest absolute Gasteiger partial charge is 0.186 e.